The predicted molar refractivity (Wildman–Crippen MR) is 97.8 cm³/mol. The number of hydrazone groups is 1. The maximum absolute atomic E-state index is 5.97. The summed E-state index contributed by atoms with van der Waals surface area (Å²) in [6, 6.07) is 11.6. The van der Waals surface area contributed by atoms with Crippen LogP contribution in [0, 0.1) is 6.92 Å². The Morgan fingerprint density at radius 1 is 1.12 bits per heavy atom. The highest BCUT2D eigenvalue weighted by molar-refractivity contribution is 6.72. The molecule has 0 unspecified atom stereocenters. The SMILES string of the molecule is Cc1cc(C2=NN=C(N)/C2=N/Nc2ccccc2)c(C(C)(C)C)o1. The van der Waals surface area contributed by atoms with Gasteiger partial charge >= 0.3 is 0 Å². The molecule has 2 aromatic rings. The third kappa shape index (κ3) is 3.08. The van der Waals surface area contributed by atoms with Crippen LogP contribution in [0.2, 0.25) is 0 Å². The minimum absolute atomic E-state index is 0.165. The Bertz CT molecular complexity index is 838. The largest absolute Gasteiger partial charge is 0.465 e. The van der Waals surface area contributed by atoms with E-state index in [-0.39, 0.29) is 11.3 Å². The van der Waals surface area contributed by atoms with Crippen molar-refractivity contribution in [2.24, 2.45) is 21.0 Å². The van der Waals surface area contributed by atoms with E-state index in [1.165, 1.54) is 0 Å². The van der Waals surface area contributed by atoms with E-state index in [0.717, 1.165) is 22.8 Å². The van der Waals surface area contributed by atoms with Crippen LogP contribution in [0.3, 0.4) is 0 Å². The van der Waals surface area contributed by atoms with Crippen LogP contribution in [0.15, 0.2) is 56.1 Å². The van der Waals surface area contributed by atoms with Gasteiger partial charge in [-0.15, -0.1) is 10.2 Å². The summed E-state index contributed by atoms with van der Waals surface area (Å²) >= 11 is 0. The van der Waals surface area contributed by atoms with Crippen LogP contribution in [-0.2, 0) is 5.41 Å². The summed E-state index contributed by atoms with van der Waals surface area (Å²) in [4.78, 5) is 0. The molecule has 1 aromatic carbocycles. The lowest BCUT2D eigenvalue weighted by Crippen LogP contribution is -2.30. The molecular weight excluding hydrogens is 302 g/mol. The molecule has 6 nitrogen and oxygen atoms in total. The second-order valence-electron chi connectivity index (χ2n) is 6.72. The Hall–Kier alpha value is -2.89. The van der Waals surface area contributed by atoms with E-state index >= 15 is 0 Å². The molecule has 3 rings (SSSR count). The van der Waals surface area contributed by atoms with Crippen molar-refractivity contribution >= 4 is 22.9 Å². The number of amidine groups is 1. The number of para-hydroxylation sites is 1. The van der Waals surface area contributed by atoms with Crippen molar-refractivity contribution in [3.63, 3.8) is 0 Å². The van der Waals surface area contributed by atoms with Gasteiger partial charge in [-0.25, -0.2) is 0 Å². The molecule has 0 amide bonds. The second kappa shape index (κ2) is 5.96. The monoisotopic (exact) mass is 323 g/mol. The molecule has 1 aromatic heterocycles. The number of hydrogen-bond donors (Lipinski definition) is 2. The molecule has 24 heavy (non-hydrogen) atoms. The summed E-state index contributed by atoms with van der Waals surface area (Å²) in [6.07, 6.45) is 0. The number of nitrogens with two attached hydrogens (primary N) is 1. The molecule has 0 saturated carbocycles. The van der Waals surface area contributed by atoms with Crippen LogP contribution in [0.25, 0.3) is 0 Å². The number of furan rings is 1. The highest BCUT2D eigenvalue weighted by Gasteiger charge is 2.31. The third-order valence-electron chi connectivity index (χ3n) is 3.59. The van der Waals surface area contributed by atoms with E-state index in [0.29, 0.717) is 11.4 Å². The highest BCUT2D eigenvalue weighted by atomic mass is 16.3. The van der Waals surface area contributed by atoms with Gasteiger partial charge in [-0.1, -0.05) is 39.0 Å². The van der Waals surface area contributed by atoms with E-state index in [1.807, 2.05) is 43.3 Å². The lowest BCUT2D eigenvalue weighted by Gasteiger charge is -2.17. The van der Waals surface area contributed by atoms with Crippen LogP contribution in [-0.4, -0.2) is 17.3 Å². The minimum Gasteiger partial charge on any atom is -0.465 e. The lowest BCUT2D eigenvalue weighted by molar-refractivity contribution is 0.395. The van der Waals surface area contributed by atoms with Crippen molar-refractivity contribution < 1.29 is 4.42 Å². The maximum atomic E-state index is 5.97. The molecule has 3 N–H and O–H groups in total. The quantitative estimate of drug-likeness (QED) is 0.848. The molecule has 1 aliphatic rings. The molecule has 0 spiro atoms. The van der Waals surface area contributed by atoms with Gasteiger partial charge in [-0.2, -0.15) is 5.10 Å². The Kier molecular flexibility index (Phi) is 3.97. The van der Waals surface area contributed by atoms with Gasteiger partial charge in [0.15, 0.2) is 11.5 Å². The summed E-state index contributed by atoms with van der Waals surface area (Å²) in [6.45, 7) is 8.19. The van der Waals surface area contributed by atoms with Crippen molar-refractivity contribution in [3.05, 3.63) is 53.5 Å². The van der Waals surface area contributed by atoms with Gasteiger partial charge in [-0.3, -0.25) is 5.43 Å². The van der Waals surface area contributed by atoms with E-state index in [1.54, 1.807) is 0 Å². The van der Waals surface area contributed by atoms with E-state index in [4.69, 9.17) is 10.2 Å². The number of benzene rings is 1. The fourth-order valence-corrected chi connectivity index (χ4v) is 2.49. The molecule has 6 heteroatoms. The number of anilines is 1. The zero-order chi connectivity index (χ0) is 17.3. The van der Waals surface area contributed by atoms with Crippen molar-refractivity contribution in [2.45, 2.75) is 33.1 Å². The zero-order valence-electron chi connectivity index (χ0n) is 14.3. The third-order valence-corrected chi connectivity index (χ3v) is 3.59. The maximum Gasteiger partial charge on any atom is 0.176 e. The first-order chi connectivity index (χ1) is 11.4. The van der Waals surface area contributed by atoms with Crippen LogP contribution >= 0.6 is 0 Å². The van der Waals surface area contributed by atoms with Crippen molar-refractivity contribution in [3.8, 4) is 0 Å². The van der Waals surface area contributed by atoms with Gasteiger partial charge in [0.1, 0.15) is 17.2 Å². The Balaban J connectivity index is 1.97. The van der Waals surface area contributed by atoms with Gasteiger partial charge in [0.2, 0.25) is 0 Å². The average Bonchev–Trinajstić information content (AvgIpc) is 3.09. The normalized spacial score (nSPS) is 16.2. The van der Waals surface area contributed by atoms with Gasteiger partial charge < -0.3 is 10.2 Å². The summed E-state index contributed by atoms with van der Waals surface area (Å²) in [7, 11) is 0. The summed E-state index contributed by atoms with van der Waals surface area (Å²) in [5, 5.41) is 12.6. The van der Waals surface area contributed by atoms with Crippen LogP contribution < -0.4 is 11.2 Å². The molecular formula is C18H21N5O. The van der Waals surface area contributed by atoms with E-state index < -0.39 is 0 Å². The smallest absolute Gasteiger partial charge is 0.176 e. The Morgan fingerprint density at radius 3 is 2.50 bits per heavy atom. The first-order valence-electron chi connectivity index (χ1n) is 7.78. The van der Waals surface area contributed by atoms with Gasteiger partial charge in [0.05, 0.1) is 5.69 Å². The first-order valence-corrected chi connectivity index (χ1v) is 7.78. The first kappa shape index (κ1) is 16.0. The predicted octanol–water partition coefficient (Wildman–Crippen LogP) is 3.43. The van der Waals surface area contributed by atoms with Gasteiger partial charge in [0.25, 0.3) is 0 Å². The number of hydrogen-bond acceptors (Lipinski definition) is 6. The van der Waals surface area contributed by atoms with E-state index in [9.17, 15) is 0 Å². The fourth-order valence-electron chi connectivity index (χ4n) is 2.49. The summed E-state index contributed by atoms with van der Waals surface area (Å²) in [5.74, 6) is 1.95. The molecule has 0 saturated heterocycles. The molecule has 124 valence electrons. The van der Waals surface area contributed by atoms with Crippen LogP contribution in [0.4, 0.5) is 5.69 Å². The molecule has 0 aliphatic carbocycles. The van der Waals surface area contributed by atoms with E-state index in [2.05, 4.69) is 41.5 Å². The second-order valence-corrected chi connectivity index (χ2v) is 6.72. The van der Waals surface area contributed by atoms with Crippen molar-refractivity contribution in [1.29, 1.82) is 0 Å². The lowest BCUT2D eigenvalue weighted by atomic mass is 9.88. The Labute approximate surface area is 141 Å². The number of aryl methyl sites for hydroxylation is 1. The van der Waals surface area contributed by atoms with Crippen molar-refractivity contribution in [2.75, 3.05) is 5.43 Å². The molecule has 0 bridgehead atoms. The molecule has 0 fully saturated rings. The standard InChI is InChI=1S/C18H21N5O/c1-11-10-13(16(24-11)18(2,3)4)14-15(17(19)23-21-14)22-20-12-8-6-5-7-9-12/h5-10,20H,1-4H3,(H2,19,22,23). The molecule has 0 atom stereocenters. The van der Waals surface area contributed by atoms with Crippen LogP contribution in [0.1, 0.15) is 37.9 Å². The van der Waals surface area contributed by atoms with Crippen molar-refractivity contribution in [1.82, 2.24) is 0 Å². The minimum atomic E-state index is -0.165. The Morgan fingerprint density at radius 2 is 1.83 bits per heavy atom. The molecule has 1 aliphatic heterocycles. The number of nitrogens with one attached hydrogen (secondary N) is 1. The van der Waals surface area contributed by atoms with Gasteiger partial charge in [0, 0.05) is 11.0 Å². The topological polar surface area (TPSA) is 88.3 Å². The van der Waals surface area contributed by atoms with Crippen LogP contribution in [0.5, 0.6) is 0 Å². The number of rotatable bonds is 3. The summed E-state index contributed by atoms with van der Waals surface area (Å²) in [5.41, 5.74) is 11.7. The fraction of sp³-hybridized carbons (Fsp3) is 0.278. The molecule has 2 heterocycles. The highest BCUT2D eigenvalue weighted by Crippen LogP contribution is 2.30. The van der Waals surface area contributed by atoms with Gasteiger partial charge in [-0.05, 0) is 25.1 Å². The zero-order valence-corrected chi connectivity index (χ0v) is 14.3. The average molecular weight is 323 g/mol. The number of nitrogens with zero attached hydrogens (tertiary/aromatic N) is 3. The molecule has 0 radical (unpaired) electrons. The summed E-state index contributed by atoms with van der Waals surface area (Å²) < 4.78 is 5.89.